The number of halogens is 4. The second-order valence-electron chi connectivity index (χ2n) is 3.74. The van der Waals surface area contributed by atoms with Crippen LogP contribution in [0.15, 0.2) is 24.3 Å². The summed E-state index contributed by atoms with van der Waals surface area (Å²) in [7, 11) is 0. The van der Waals surface area contributed by atoms with Crippen LogP contribution in [0.25, 0.3) is 5.69 Å². The van der Waals surface area contributed by atoms with E-state index in [-0.39, 0.29) is 11.4 Å². The Morgan fingerprint density at radius 1 is 1.28 bits per heavy atom. The highest BCUT2D eigenvalue weighted by molar-refractivity contribution is 5.52. The van der Waals surface area contributed by atoms with Gasteiger partial charge < -0.3 is 5.73 Å². The Kier molecular flexibility index (Phi) is 2.76. The van der Waals surface area contributed by atoms with Crippen LogP contribution in [0.3, 0.4) is 0 Å². The van der Waals surface area contributed by atoms with Crippen LogP contribution in [0, 0.1) is 12.7 Å². The first-order valence-electron chi connectivity index (χ1n) is 4.99. The fourth-order valence-electron chi connectivity index (χ4n) is 1.61. The van der Waals surface area contributed by atoms with Crippen LogP contribution in [0.2, 0.25) is 0 Å². The molecule has 0 unspecified atom stereocenters. The molecule has 0 saturated heterocycles. The molecular formula is C11H9F4N3. The maximum Gasteiger partial charge on any atom is 0.435 e. The molecule has 7 heteroatoms. The molecule has 0 atom stereocenters. The molecule has 0 spiro atoms. The van der Waals surface area contributed by atoms with Crippen molar-refractivity contribution in [3.63, 3.8) is 0 Å². The lowest BCUT2D eigenvalue weighted by Gasteiger charge is -2.11. The summed E-state index contributed by atoms with van der Waals surface area (Å²) in [5.41, 5.74) is 3.85. The molecule has 0 aliphatic heterocycles. The molecule has 2 aromatic rings. The summed E-state index contributed by atoms with van der Waals surface area (Å²) in [5, 5.41) is 3.69. The van der Waals surface area contributed by atoms with Gasteiger partial charge in [-0.05, 0) is 25.1 Å². The van der Waals surface area contributed by atoms with Crippen molar-refractivity contribution in [1.29, 1.82) is 0 Å². The Balaban J connectivity index is 2.69. The van der Waals surface area contributed by atoms with Gasteiger partial charge in [-0.25, -0.2) is 9.07 Å². The molecule has 0 bridgehead atoms. The normalized spacial score (nSPS) is 11.8. The molecule has 0 aliphatic rings. The number of nitrogens with zero attached hydrogens (tertiary/aromatic N) is 2. The van der Waals surface area contributed by atoms with E-state index in [0.717, 1.165) is 12.1 Å². The van der Waals surface area contributed by atoms with E-state index in [1.54, 1.807) is 0 Å². The SMILES string of the molecule is Cc1nn(-c2cccc(F)c2)c(C(F)(F)F)c1N. The highest BCUT2D eigenvalue weighted by Gasteiger charge is 2.39. The van der Waals surface area contributed by atoms with Crippen LogP contribution in [0.1, 0.15) is 11.4 Å². The summed E-state index contributed by atoms with van der Waals surface area (Å²) in [6.07, 6.45) is -4.66. The van der Waals surface area contributed by atoms with E-state index in [1.165, 1.54) is 19.1 Å². The van der Waals surface area contributed by atoms with Crippen molar-refractivity contribution < 1.29 is 17.6 Å². The number of hydrogen-bond acceptors (Lipinski definition) is 2. The number of aromatic nitrogens is 2. The third kappa shape index (κ3) is 2.03. The van der Waals surface area contributed by atoms with Crippen molar-refractivity contribution >= 4 is 5.69 Å². The topological polar surface area (TPSA) is 43.8 Å². The summed E-state index contributed by atoms with van der Waals surface area (Å²) in [4.78, 5) is 0. The van der Waals surface area contributed by atoms with Gasteiger partial charge in [0, 0.05) is 0 Å². The van der Waals surface area contributed by atoms with Crippen molar-refractivity contribution in [3.8, 4) is 5.69 Å². The van der Waals surface area contributed by atoms with E-state index >= 15 is 0 Å². The molecule has 2 N–H and O–H groups in total. The van der Waals surface area contributed by atoms with Crippen molar-refractivity contribution in [1.82, 2.24) is 9.78 Å². The number of aryl methyl sites for hydroxylation is 1. The Bertz CT molecular complexity index is 586. The summed E-state index contributed by atoms with van der Waals surface area (Å²) in [5.74, 6) is -0.646. The molecule has 18 heavy (non-hydrogen) atoms. The summed E-state index contributed by atoms with van der Waals surface area (Å²) in [6.45, 7) is 1.36. The van der Waals surface area contributed by atoms with Crippen LogP contribution >= 0.6 is 0 Å². The van der Waals surface area contributed by atoms with Crippen LogP contribution in [0.5, 0.6) is 0 Å². The van der Waals surface area contributed by atoms with Gasteiger partial charge in [-0.1, -0.05) is 6.07 Å². The molecule has 96 valence electrons. The lowest BCUT2D eigenvalue weighted by Crippen LogP contribution is -2.15. The predicted octanol–water partition coefficient (Wildman–Crippen LogP) is 2.92. The molecule has 3 nitrogen and oxygen atoms in total. The molecule has 1 heterocycles. The summed E-state index contributed by atoms with van der Waals surface area (Å²) in [6, 6.07) is 4.72. The van der Waals surface area contributed by atoms with Gasteiger partial charge in [0.25, 0.3) is 0 Å². The fourth-order valence-corrected chi connectivity index (χ4v) is 1.61. The Labute approximate surface area is 99.8 Å². The molecule has 1 aromatic heterocycles. The number of anilines is 1. The molecule has 0 fully saturated rings. The highest BCUT2D eigenvalue weighted by Crippen LogP contribution is 2.36. The maximum absolute atomic E-state index is 13.0. The first-order valence-corrected chi connectivity index (χ1v) is 4.99. The van der Waals surface area contributed by atoms with E-state index in [4.69, 9.17) is 5.73 Å². The zero-order valence-corrected chi connectivity index (χ0v) is 9.29. The minimum atomic E-state index is -4.66. The Morgan fingerprint density at radius 3 is 2.50 bits per heavy atom. The smallest absolute Gasteiger partial charge is 0.395 e. The third-order valence-corrected chi connectivity index (χ3v) is 2.43. The van der Waals surface area contributed by atoms with Crippen LogP contribution < -0.4 is 5.73 Å². The number of rotatable bonds is 1. The van der Waals surface area contributed by atoms with Crippen molar-refractivity contribution in [2.75, 3.05) is 5.73 Å². The fraction of sp³-hybridized carbons (Fsp3) is 0.182. The summed E-state index contributed by atoms with van der Waals surface area (Å²) >= 11 is 0. The van der Waals surface area contributed by atoms with Crippen LogP contribution in [0.4, 0.5) is 23.2 Å². The largest absolute Gasteiger partial charge is 0.435 e. The van der Waals surface area contributed by atoms with Crippen molar-refractivity contribution in [2.45, 2.75) is 13.1 Å². The minimum absolute atomic E-state index is 0.0258. The second-order valence-corrected chi connectivity index (χ2v) is 3.74. The van der Waals surface area contributed by atoms with Gasteiger partial charge in [0.2, 0.25) is 0 Å². The van der Waals surface area contributed by atoms with Crippen molar-refractivity contribution in [2.24, 2.45) is 0 Å². The van der Waals surface area contributed by atoms with Crippen LogP contribution in [-0.4, -0.2) is 9.78 Å². The number of alkyl halides is 3. The zero-order chi connectivity index (χ0) is 13.5. The molecule has 1 aromatic carbocycles. The van der Waals surface area contributed by atoms with Gasteiger partial charge in [0.1, 0.15) is 5.82 Å². The first-order chi connectivity index (χ1) is 8.30. The molecule has 0 amide bonds. The highest BCUT2D eigenvalue weighted by atomic mass is 19.4. The molecule has 0 aliphatic carbocycles. The number of nitrogen functional groups attached to an aromatic ring is 1. The first kappa shape index (κ1) is 12.4. The van der Waals surface area contributed by atoms with E-state index in [2.05, 4.69) is 5.10 Å². The van der Waals surface area contributed by atoms with Crippen LogP contribution in [-0.2, 0) is 6.18 Å². The van der Waals surface area contributed by atoms with Gasteiger partial charge in [-0.3, -0.25) is 0 Å². The van der Waals surface area contributed by atoms with Gasteiger partial charge in [-0.2, -0.15) is 18.3 Å². The van der Waals surface area contributed by atoms with Gasteiger partial charge in [0.15, 0.2) is 5.69 Å². The van der Waals surface area contributed by atoms with Crippen molar-refractivity contribution in [3.05, 3.63) is 41.5 Å². The monoisotopic (exact) mass is 259 g/mol. The lowest BCUT2D eigenvalue weighted by molar-refractivity contribution is -0.142. The van der Waals surface area contributed by atoms with E-state index < -0.39 is 23.4 Å². The quantitative estimate of drug-likeness (QED) is 0.800. The molecular weight excluding hydrogens is 250 g/mol. The van der Waals surface area contributed by atoms with E-state index in [1.807, 2.05) is 0 Å². The Hall–Kier alpha value is -2.05. The Morgan fingerprint density at radius 2 is 1.94 bits per heavy atom. The van der Waals surface area contributed by atoms with E-state index in [0.29, 0.717) is 4.68 Å². The molecule has 0 saturated carbocycles. The average Bonchev–Trinajstić information content (AvgIpc) is 2.55. The van der Waals surface area contributed by atoms with E-state index in [9.17, 15) is 17.6 Å². The van der Waals surface area contributed by atoms with Gasteiger partial charge >= 0.3 is 6.18 Å². The van der Waals surface area contributed by atoms with Gasteiger partial charge in [0.05, 0.1) is 17.1 Å². The zero-order valence-electron chi connectivity index (χ0n) is 9.29. The van der Waals surface area contributed by atoms with Gasteiger partial charge in [-0.15, -0.1) is 0 Å². The standard InChI is InChI=1S/C11H9F4N3/c1-6-9(16)10(11(13,14)15)18(17-6)8-4-2-3-7(12)5-8/h2-5H,16H2,1H3. The second kappa shape index (κ2) is 4.01. The minimum Gasteiger partial charge on any atom is -0.395 e. The number of hydrogen-bond donors (Lipinski definition) is 1. The number of nitrogens with two attached hydrogens (primary N) is 1. The molecule has 0 radical (unpaired) electrons. The number of benzene rings is 1. The maximum atomic E-state index is 13.0. The summed E-state index contributed by atoms with van der Waals surface area (Å²) < 4.78 is 52.3. The third-order valence-electron chi connectivity index (χ3n) is 2.43. The lowest BCUT2D eigenvalue weighted by atomic mass is 10.2. The molecule has 2 rings (SSSR count). The average molecular weight is 259 g/mol. The predicted molar refractivity (Wildman–Crippen MR) is 57.7 cm³/mol.